The maximum atomic E-state index is 12.3. The van der Waals surface area contributed by atoms with E-state index in [1.54, 1.807) is 0 Å². The van der Waals surface area contributed by atoms with Crippen molar-refractivity contribution in [1.82, 2.24) is 0 Å². The predicted octanol–water partition coefficient (Wildman–Crippen LogP) is 3.40. The van der Waals surface area contributed by atoms with Crippen molar-refractivity contribution >= 4 is 5.97 Å². The summed E-state index contributed by atoms with van der Waals surface area (Å²) in [5.74, 6) is 0.396. The van der Waals surface area contributed by atoms with Crippen LogP contribution in [-0.2, 0) is 14.9 Å². The molecule has 2 heteroatoms. The molecule has 0 amide bonds. The molecule has 1 saturated heterocycles. The van der Waals surface area contributed by atoms with Crippen molar-refractivity contribution in [3.05, 3.63) is 35.4 Å². The van der Waals surface area contributed by atoms with Crippen molar-refractivity contribution in [3.63, 3.8) is 0 Å². The molecule has 1 saturated carbocycles. The Labute approximate surface area is 114 Å². The molecule has 0 spiro atoms. The van der Waals surface area contributed by atoms with E-state index < -0.39 is 0 Å². The number of benzene rings is 1. The van der Waals surface area contributed by atoms with E-state index in [1.807, 2.05) is 0 Å². The summed E-state index contributed by atoms with van der Waals surface area (Å²) in [6, 6.07) is 8.53. The van der Waals surface area contributed by atoms with Crippen LogP contribution in [0.5, 0.6) is 0 Å². The number of hydrogen-bond acceptors (Lipinski definition) is 2. The predicted molar refractivity (Wildman–Crippen MR) is 72.9 cm³/mol. The Morgan fingerprint density at radius 3 is 2.84 bits per heavy atom. The van der Waals surface area contributed by atoms with Crippen LogP contribution >= 0.6 is 0 Å². The molecule has 100 valence electrons. The zero-order valence-electron chi connectivity index (χ0n) is 11.6. The molecule has 0 aromatic heterocycles. The minimum Gasteiger partial charge on any atom is -0.465 e. The molecule has 1 unspecified atom stereocenters. The average molecular weight is 256 g/mol. The Morgan fingerprint density at radius 1 is 1.21 bits per heavy atom. The normalized spacial score (nSPS) is 43.4. The van der Waals surface area contributed by atoms with E-state index in [9.17, 15) is 4.79 Å². The van der Waals surface area contributed by atoms with Gasteiger partial charge < -0.3 is 4.74 Å². The Kier molecular flexibility index (Phi) is 2.07. The minimum absolute atomic E-state index is 0.000509. The lowest BCUT2D eigenvalue weighted by Crippen LogP contribution is -2.52. The van der Waals surface area contributed by atoms with E-state index in [0.29, 0.717) is 12.5 Å². The summed E-state index contributed by atoms with van der Waals surface area (Å²) in [5.41, 5.74) is 2.95. The summed E-state index contributed by atoms with van der Waals surface area (Å²) in [6.45, 7) is 5.30. The van der Waals surface area contributed by atoms with E-state index in [-0.39, 0.29) is 22.7 Å². The molecule has 3 aliphatic rings. The molecule has 4 atom stereocenters. The standard InChI is InChI=1S/C17H20O2/c1-16-8-5-9-17(2)12-7-4-3-6-11(12)13(14(16)17)15(18)19-10-16/h3-4,6-7,13-14H,5,8-10H2,1-2H3/t13-,14?,16-,17-/m0/s1. The van der Waals surface area contributed by atoms with Crippen molar-refractivity contribution in [1.29, 1.82) is 0 Å². The number of hydrogen-bond donors (Lipinski definition) is 0. The first-order valence-corrected chi connectivity index (χ1v) is 7.32. The summed E-state index contributed by atoms with van der Waals surface area (Å²) in [7, 11) is 0. The van der Waals surface area contributed by atoms with E-state index in [1.165, 1.54) is 30.4 Å². The molecule has 1 aliphatic heterocycles. The zero-order chi connectivity index (χ0) is 13.3. The van der Waals surface area contributed by atoms with Crippen molar-refractivity contribution in [2.24, 2.45) is 11.3 Å². The second kappa shape index (κ2) is 3.41. The van der Waals surface area contributed by atoms with E-state index in [4.69, 9.17) is 4.74 Å². The molecular formula is C17H20O2. The SMILES string of the molecule is C[C@]12CCC[C@@]3(C)c4ccccc4[C@H](C(=O)OC1)C23. The van der Waals surface area contributed by atoms with Crippen LogP contribution in [-0.4, -0.2) is 12.6 Å². The lowest BCUT2D eigenvalue weighted by molar-refractivity contribution is -0.169. The Bertz CT molecular complexity index is 564. The fourth-order valence-electron chi connectivity index (χ4n) is 5.23. The van der Waals surface area contributed by atoms with Crippen LogP contribution in [0.2, 0.25) is 0 Å². The smallest absolute Gasteiger partial charge is 0.313 e. The summed E-state index contributed by atoms with van der Waals surface area (Å²) in [4.78, 5) is 12.3. The van der Waals surface area contributed by atoms with Crippen LogP contribution in [0.25, 0.3) is 0 Å². The molecular weight excluding hydrogens is 236 g/mol. The maximum absolute atomic E-state index is 12.3. The van der Waals surface area contributed by atoms with Crippen LogP contribution < -0.4 is 0 Å². The third-order valence-electron chi connectivity index (χ3n) is 5.92. The quantitative estimate of drug-likeness (QED) is 0.665. The van der Waals surface area contributed by atoms with E-state index in [0.717, 1.165) is 0 Å². The molecule has 0 N–H and O–H groups in total. The van der Waals surface area contributed by atoms with Gasteiger partial charge in [0, 0.05) is 5.41 Å². The Morgan fingerprint density at radius 2 is 2.00 bits per heavy atom. The van der Waals surface area contributed by atoms with Crippen LogP contribution in [0.1, 0.15) is 50.2 Å². The first kappa shape index (κ1) is 11.5. The monoisotopic (exact) mass is 256 g/mol. The van der Waals surface area contributed by atoms with Gasteiger partial charge >= 0.3 is 5.97 Å². The van der Waals surface area contributed by atoms with Gasteiger partial charge in [-0.3, -0.25) is 4.79 Å². The minimum atomic E-state index is -0.0275. The third-order valence-corrected chi connectivity index (χ3v) is 5.92. The number of ether oxygens (including phenoxy) is 1. The first-order valence-electron chi connectivity index (χ1n) is 7.32. The Hall–Kier alpha value is -1.31. The van der Waals surface area contributed by atoms with E-state index >= 15 is 0 Å². The topological polar surface area (TPSA) is 26.3 Å². The van der Waals surface area contributed by atoms with Gasteiger partial charge in [-0.1, -0.05) is 44.5 Å². The number of esters is 1. The second-order valence-corrected chi connectivity index (χ2v) is 7.08. The fraction of sp³-hybridized carbons (Fsp3) is 0.588. The number of carbonyl (C=O) groups is 1. The van der Waals surface area contributed by atoms with Crippen molar-refractivity contribution < 1.29 is 9.53 Å². The van der Waals surface area contributed by atoms with Crippen molar-refractivity contribution in [3.8, 4) is 0 Å². The van der Waals surface area contributed by atoms with Crippen LogP contribution in [0.15, 0.2) is 24.3 Å². The molecule has 0 bridgehead atoms. The van der Waals surface area contributed by atoms with Gasteiger partial charge in [-0.2, -0.15) is 0 Å². The highest BCUT2D eigenvalue weighted by Gasteiger charge is 2.62. The highest BCUT2D eigenvalue weighted by atomic mass is 16.5. The average Bonchev–Trinajstić information content (AvgIpc) is 2.67. The lowest BCUT2D eigenvalue weighted by Gasteiger charge is -2.52. The van der Waals surface area contributed by atoms with Crippen LogP contribution in [0.3, 0.4) is 0 Å². The number of fused-ring (bicyclic) bond motifs is 3. The summed E-state index contributed by atoms with van der Waals surface area (Å²) >= 11 is 0. The highest BCUT2D eigenvalue weighted by molar-refractivity contribution is 5.82. The molecule has 4 rings (SSSR count). The van der Waals surface area contributed by atoms with Gasteiger partial charge in [0.15, 0.2) is 0 Å². The van der Waals surface area contributed by atoms with Gasteiger partial charge in [0.2, 0.25) is 0 Å². The zero-order valence-corrected chi connectivity index (χ0v) is 11.6. The number of carbonyl (C=O) groups excluding carboxylic acids is 1. The van der Waals surface area contributed by atoms with E-state index in [2.05, 4.69) is 38.1 Å². The first-order chi connectivity index (χ1) is 9.06. The third kappa shape index (κ3) is 1.25. The van der Waals surface area contributed by atoms with Gasteiger partial charge in [-0.15, -0.1) is 0 Å². The molecule has 2 fully saturated rings. The largest absolute Gasteiger partial charge is 0.465 e. The molecule has 2 nitrogen and oxygen atoms in total. The molecule has 1 heterocycles. The molecule has 19 heavy (non-hydrogen) atoms. The van der Waals surface area contributed by atoms with Crippen LogP contribution in [0, 0.1) is 11.3 Å². The Balaban J connectivity index is 1.98. The van der Waals surface area contributed by atoms with Gasteiger partial charge in [-0.25, -0.2) is 0 Å². The molecule has 1 aromatic carbocycles. The van der Waals surface area contributed by atoms with Crippen molar-refractivity contribution in [2.45, 2.75) is 44.4 Å². The summed E-state index contributed by atoms with van der Waals surface area (Å²) in [6.07, 6.45) is 3.63. The summed E-state index contributed by atoms with van der Waals surface area (Å²) < 4.78 is 5.54. The van der Waals surface area contributed by atoms with Crippen molar-refractivity contribution in [2.75, 3.05) is 6.61 Å². The highest BCUT2D eigenvalue weighted by Crippen LogP contribution is 2.64. The molecule has 1 aromatic rings. The van der Waals surface area contributed by atoms with Gasteiger partial charge in [0.25, 0.3) is 0 Å². The number of cyclic esters (lactones) is 1. The van der Waals surface area contributed by atoms with Gasteiger partial charge in [0.1, 0.15) is 0 Å². The molecule has 2 aliphatic carbocycles. The van der Waals surface area contributed by atoms with Gasteiger partial charge in [0.05, 0.1) is 12.5 Å². The molecule has 0 radical (unpaired) electrons. The van der Waals surface area contributed by atoms with Gasteiger partial charge in [-0.05, 0) is 35.3 Å². The maximum Gasteiger partial charge on any atom is 0.313 e. The second-order valence-electron chi connectivity index (χ2n) is 7.08. The fourth-order valence-corrected chi connectivity index (χ4v) is 5.23. The number of rotatable bonds is 0. The van der Waals surface area contributed by atoms with Crippen LogP contribution in [0.4, 0.5) is 0 Å². The lowest BCUT2D eigenvalue weighted by atomic mass is 9.53. The summed E-state index contributed by atoms with van der Waals surface area (Å²) in [5, 5.41) is 0.